The van der Waals surface area contributed by atoms with Gasteiger partial charge >= 0.3 is 0 Å². The summed E-state index contributed by atoms with van der Waals surface area (Å²) in [6, 6.07) is 18.3. The first-order chi connectivity index (χ1) is 14.7. The number of nitrogens with zero attached hydrogens (tertiary/aromatic N) is 4. The van der Waals surface area contributed by atoms with Crippen molar-refractivity contribution in [3.05, 3.63) is 89.3 Å². The largest absolute Gasteiger partial charge is 0.496 e. The molecule has 1 N–H and O–H groups in total. The molecule has 4 aromatic rings. The molecule has 0 unspecified atom stereocenters. The molecule has 0 radical (unpaired) electrons. The van der Waals surface area contributed by atoms with Gasteiger partial charge in [0.2, 0.25) is 0 Å². The molecule has 0 fully saturated rings. The van der Waals surface area contributed by atoms with Crippen LogP contribution in [0.25, 0.3) is 16.9 Å². The molecule has 30 heavy (non-hydrogen) atoms. The Hall–Kier alpha value is -3.71. The Bertz CT molecular complexity index is 1180. The van der Waals surface area contributed by atoms with Crippen LogP contribution in [0.15, 0.2) is 73.1 Å². The third-order valence-electron chi connectivity index (χ3n) is 4.55. The first kappa shape index (κ1) is 19.6. The lowest BCUT2D eigenvalue weighted by molar-refractivity contribution is 0.0946. The summed E-state index contributed by atoms with van der Waals surface area (Å²) in [4.78, 5) is 17.1. The zero-order chi connectivity index (χ0) is 20.9. The molecule has 0 bridgehead atoms. The van der Waals surface area contributed by atoms with Gasteiger partial charge < -0.3 is 10.1 Å². The van der Waals surface area contributed by atoms with Crippen LogP contribution >= 0.6 is 11.6 Å². The van der Waals surface area contributed by atoms with E-state index in [1.165, 1.54) is 0 Å². The highest BCUT2D eigenvalue weighted by molar-refractivity contribution is 6.32. The van der Waals surface area contributed by atoms with Crippen molar-refractivity contribution in [1.29, 1.82) is 0 Å². The number of hydrogen-bond donors (Lipinski definition) is 1. The van der Waals surface area contributed by atoms with E-state index in [9.17, 15) is 4.79 Å². The standard InChI is InChI=1S/C22H18ClN5O2/c1-30-19-9-5-2-6-16(19)14-25-22(29)20-21(15-10-12-24-13-11-15)28(27-26-20)18-8-4-3-7-17(18)23/h2-13H,14H2,1H3,(H,25,29). The lowest BCUT2D eigenvalue weighted by Crippen LogP contribution is -2.24. The van der Waals surface area contributed by atoms with Crippen LogP contribution in [0.5, 0.6) is 5.75 Å². The Labute approximate surface area is 178 Å². The number of para-hydroxylation sites is 2. The second-order valence-corrected chi connectivity index (χ2v) is 6.79. The smallest absolute Gasteiger partial charge is 0.274 e. The Balaban J connectivity index is 1.71. The number of pyridine rings is 1. The van der Waals surface area contributed by atoms with Crippen LogP contribution in [0.2, 0.25) is 5.02 Å². The number of carbonyl (C=O) groups excluding carboxylic acids is 1. The fourth-order valence-electron chi connectivity index (χ4n) is 3.10. The van der Waals surface area contributed by atoms with Crippen LogP contribution in [0, 0.1) is 0 Å². The molecule has 150 valence electrons. The Morgan fingerprint density at radius 2 is 1.80 bits per heavy atom. The first-order valence-electron chi connectivity index (χ1n) is 9.20. The maximum absolute atomic E-state index is 13.0. The molecular weight excluding hydrogens is 402 g/mol. The van der Waals surface area contributed by atoms with Crippen molar-refractivity contribution in [2.24, 2.45) is 0 Å². The minimum Gasteiger partial charge on any atom is -0.496 e. The minimum atomic E-state index is -0.356. The molecule has 4 rings (SSSR count). The second kappa shape index (κ2) is 8.75. The second-order valence-electron chi connectivity index (χ2n) is 6.38. The van der Waals surface area contributed by atoms with E-state index in [4.69, 9.17) is 16.3 Å². The van der Waals surface area contributed by atoms with Gasteiger partial charge in [-0.3, -0.25) is 9.78 Å². The van der Waals surface area contributed by atoms with Gasteiger partial charge in [0.05, 0.1) is 17.8 Å². The van der Waals surface area contributed by atoms with E-state index in [1.807, 2.05) is 42.5 Å². The number of amides is 1. The first-order valence-corrected chi connectivity index (χ1v) is 9.58. The summed E-state index contributed by atoms with van der Waals surface area (Å²) in [6.45, 7) is 0.289. The van der Waals surface area contributed by atoms with Crippen LogP contribution in [0.4, 0.5) is 0 Å². The van der Waals surface area contributed by atoms with E-state index in [2.05, 4.69) is 20.6 Å². The number of benzene rings is 2. The van der Waals surface area contributed by atoms with Gasteiger partial charge in [-0.2, -0.15) is 0 Å². The molecule has 0 aliphatic heterocycles. The average molecular weight is 420 g/mol. The van der Waals surface area contributed by atoms with E-state index in [0.717, 1.165) is 11.1 Å². The van der Waals surface area contributed by atoms with Crippen LogP contribution in [0.3, 0.4) is 0 Å². The predicted molar refractivity (Wildman–Crippen MR) is 114 cm³/mol. The average Bonchev–Trinajstić information content (AvgIpc) is 3.23. The van der Waals surface area contributed by atoms with E-state index in [1.54, 1.807) is 42.4 Å². The molecule has 7 nitrogen and oxygen atoms in total. The highest BCUT2D eigenvalue weighted by Crippen LogP contribution is 2.28. The Morgan fingerprint density at radius 1 is 1.07 bits per heavy atom. The number of aromatic nitrogens is 4. The van der Waals surface area contributed by atoms with Crippen LogP contribution in [-0.2, 0) is 6.54 Å². The normalized spacial score (nSPS) is 10.6. The minimum absolute atomic E-state index is 0.191. The molecule has 0 saturated carbocycles. The van der Waals surface area contributed by atoms with E-state index >= 15 is 0 Å². The van der Waals surface area contributed by atoms with Crippen molar-refractivity contribution in [2.45, 2.75) is 6.54 Å². The molecule has 8 heteroatoms. The maximum Gasteiger partial charge on any atom is 0.274 e. The summed E-state index contributed by atoms with van der Waals surface area (Å²) >= 11 is 6.37. The van der Waals surface area contributed by atoms with Crippen molar-refractivity contribution in [3.8, 4) is 22.7 Å². The van der Waals surface area contributed by atoms with Crippen LogP contribution in [-0.4, -0.2) is 33.0 Å². The highest BCUT2D eigenvalue weighted by Gasteiger charge is 2.23. The van der Waals surface area contributed by atoms with Crippen molar-refractivity contribution in [2.75, 3.05) is 7.11 Å². The van der Waals surface area contributed by atoms with Crippen LogP contribution < -0.4 is 10.1 Å². The third-order valence-corrected chi connectivity index (χ3v) is 4.87. The van der Waals surface area contributed by atoms with Gasteiger partial charge in [-0.25, -0.2) is 4.68 Å². The third kappa shape index (κ3) is 3.88. The van der Waals surface area contributed by atoms with Gasteiger partial charge in [0.25, 0.3) is 5.91 Å². The van der Waals surface area contributed by atoms with Crippen molar-refractivity contribution in [3.63, 3.8) is 0 Å². The van der Waals surface area contributed by atoms with Gasteiger partial charge in [0, 0.05) is 30.1 Å². The zero-order valence-electron chi connectivity index (χ0n) is 16.1. The summed E-state index contributed by atoms with van der Waals surface area (Å²) in [6.07, 6.45) is 3.30. The monoisotopic (exact) mass is 419 g/mol. The summed E-state index contributed by atoms with van der Waals surface area (Å²) in [5.41, 5.74) is 2.95. The van der Waals surface area contributed by atoms with Gasteiger partial charge in [-0.1, -0.05) is 47.1 Å². The number of nitrogens with one attached hydrogen (secondary N) is 1. The lowest BCUT2D eigenvalue weighted by atomic mass is 10.1. The van der Waals surface area contributed by atoms with Gasteiger partial charge in [-0.05, 0) is 30.3 Å². The van der Waals surface area contributed by atoms with E-state index in [0.29, 0.717) is 22.2 Å². The Morgan fingerprint density at radius 3 is 2.57 bits per heavy atom. The zero-order valence-corrected chi connectivity index (χ0v) is 16.9. The van der Waals surface area contributed by atoms with Gasteiger partial charge in [0.1, 0.15) is 11.4 Å². The quantitative estimate of drug-likeness (QED) is 0.512. The summed E-state index contributed by atoms with van der Waals surface area (Å²) in [5.74, 6) is 0.345. The molecule has 0 spiro atoms. The molecule has 2 aromatic heterocycles. The van der Waals surface area contributed by atoms with Crippen LogP contribution in [0.1, 0.15) is 16.1 Å². The summed E-state index contributed by atoms with van der Waals surface area (Å²) < 4.78 is 6.91. The Kier molecular flexibility index (Phi) is 5.72. The van der Waals surface area contributed by atoms with Crippen molar-refractivity contribution in [1.82, 2.24) is 25.3 Å². The van der Waals surface area contributed by atoms with Crippen molar-refractivity contribution >= 4 is 17.5 Å². The molecule has 2 heterocycles. The SMILES string of the molecule is COc1ccccc1CNC(=O)c1nnn(-c2ccccc2Cl)c1-c1ccncc1. The molecule has 0 aliphatic carbocycles. The molecular formula is C22H18ClN5O2. The lowest BCUT2D eigenvalue weighted by Gasteiger charge is -2.11. The fraction of sp³-hybridized carbons (Fsp3) is 0.0909. The number of halogens is 1. The molecule has 2 aromatic carbocycles. The predicted octanol–water partition coefficient (Wildman–Crippen LogP) is 3.92. The topological polar surface area (TPSA) is 81.9 Å². The van der Waals surface area contributed by atoms with Crippen molar-refractivity contribution < 1.29 is 9.53 Å². The molecule has 0 aliphatic rings. The number of methoxy groups -OCH3 is 1. The number of rotatable bonds is 6. The summed E-state index contributed by atoms with van der Waals surface area (Å²) in [5, 5.41) is 11.8. The summed E-state index contributed by atoms with van der Waals surface area (Å²) in [7, 11) is 1.59. The number of ether oxygens (including phenoxy) is 1. The highest BCUT2D eigenvalue weighted by atomic mass is 35.5. The molecule has 0 saturated heterocycles. The molecule has 1 amide bonds. The molecule has 0 atom stereocenters. The van der Waals surface area contributed by atoms with E-state index in [-0.39, 0.29) is 18.1 Å². The van der Waals surface area contributed by atoms with E-state index < -0.39 is 0 Å². The fourth-order valence-corrected chi connectivity index (χ4v) is 3.32. The number of hydrogen-bond acceptors (Lipinski definition) is 5. The number of carbonyl (C=O) groups is 1. The van der Waals surface area contributed by atoms with Gasteiger partial charge in [-0.15, -0.1) is 5.10 Å². The van der Waals surface area contributed by atoms with Gasteiger partial charge in [0.15, 0.2) is 5.69 Å². The maximum atomic E-state index is 13.0.